The van der Waals surface area contributed by atoms with E-state index in [4.69, 9.17) is 0 Å². The first-order valence-corrected chi connectivity index (χ1v) is 7.77. The van der Waals surface area contributed by atoms with Crippen LogP contribution in [0.25, 0.3) is 0 Å². The van der Waals surface area contributed by atoms with E-state index >= 15 is 0 Å². The van der Waals surface area contributed by atoms with E-state index in [-0.39, 0.29) is 0 Å². The number of anilines is 1. The molecule has 1 aromatic carbocycles. The van der Waals surface area contributed by atoms with Crippen molar-refractivity contribution in [3.63, 3.8) is 0 Å². The number of para-hydroxylation sites is 1. The van der Waals surface area contributed by atoms with E-state index in [9.17, 15) is 0 Å². The van der Waals surface area contributed by atoms with Crippen LogP contribution in [0, 0.1) is 0 Å². The van der Waals surface area contributed by atoms with Crippen molar-refractivity contribution in [3.8, 4) is 0 Å². The van der Waals surface area contributed by atoms with Gasteiger partial charge in [-0.2, -0.15) is 0 Å². The molecule has 0 unspecified atom stereocenters. The van der Waals surface area contributed by atoms with Gasteiger partial charge in [0.1, 0.15) is 0 Å². The predicted octanol–water partition coefficient (Wildman–Crippen LogP) is 4.07. The zero-order chi connectivity index (χ0) is 13.9. The molecule has 1 aromatic rings. The van der Waals surface area contributed by atoms with Crippen molar-refractivity contribution < 1.29 is 0 Å². The monoisotopic (exact) mass is 262 g/mol. The lowest BCUT2D eigenvalue weighted by molar-refractivity contribution is 0.552. The first-order valence-electron chi connectivity index (χ1n) is 7.77. The third-order valence-corrected chi connectivity index (χ3v) is 3.31. The highest BCUT2D eigenvalue weighted by atomic mass is 15.1. The Bertz CT molecular complexity index is 308. The van der Waals surface area contributed by atoms with Gasteiger partial charge in [-0.05, 0) is 37.9 Å². The normalized spacial score (nSPS) is 10.9. The first kappa shape index (κ1) is 16.0. The van der Waals surface area contributed by atoms with E-state index in [1.807, 2.05) is 0 Å². The minimum absolute atomic E-state index is 0.602. The summed E-state index contributed by atoms with van der Waals surface area (Å²) in [6.45, 7) is 10.2. The summed E-state index contributed by atoms with van der Waals surface area (Å²) in [6, 6.07) is 11.4. The molecule has 0 aliphatic rings. The molecule has 0 amide bonds. The van der Waals surface area contributed by atoms with Crippen LogP contribution in [0.5, 0.6) is 0 Å². The van der Waals surface area contributed by atoms with E-state index in [0.29, 0.717) is 6.04 Å². The third-order valence-electron chi connectivity index (χ3n) is 3.31. The van der Waals surface area contributed by atoms with Crippen molar-refractivity contribution in [2.75, 3.05) is 24.5 Å². The molecule has 0 atom stereocenters. The average Bonchev–Trinajstić information content (AvgIpc) is 2.42. The lowest BCUT2D eigenvalue weighted by Crippen LogP contribution is -2.27. The lowest BCUT2D eigenvalue weighted by atomic mass is 10.2. The SMILES string of the molecule is CCCCN(CCCCNC(C)C)c1ccccc1. The molecule has 108 valence electrons. The number of hydrogen-bond donors (Lipinski definition) is 1. The van der Waals surface area contributed by atoms with Gasteiger partial charge in [0, 0.05) is 24.8 Å². The molecule has 0 bridgehead atoms. The summed E-state index contributed by atoms with van der Waals surface area (Å²) in [6.07, 6.45) is 5.06. The largest absolute Gasteiger partial charge is 0.372 e. The molecule has 0 aromatic heterocycles. The molecule has 0 spiro atoms. The van der Waals surface area contributed by atoms with Crippen molar-refractivity contribution in [1.82, 2.24) is 5.32 Å². The van der Waals surface area contributed by atoms with E-state index < -0.39 is 0 Å². The second-order valence-corrected chi connectivity index (χ2v) is 5.49. The van der Waals surface area contributed by atoms with Crippen LogP contribution < -0.4 is 10.2 Å². The van der Waals surface area contributed by atoms with Crippen molar-refractivity contribution in [2.24, 2.45) is 0 Å². The fourth-order valence-corrected chi connectivity index (χ4v) is 2.18. The number of nitrogens with zero attached hydrogens (tertiary/aromatic N) is 1. The van der Waals surface area contributed by atoms with Gasteiger partial charge >= 0.3 is 0 Å². The maximum Gasteiger partial charge on any atom is 0.0366 e. The van der Waals surface area contributed by atoms with Crippen molar-refractivity contribution in [2.45, 2.75) is 52.5 Å². The summed E-state index contributed by atoms with van der Waals surface area (Å²) in [4.78, 5) is 2.53. The Labute approximate surface area is 119 Å². The maximum absolute atomic E-state index is 3.48. The van der Waals surface area contributed by atoms with Crippen LogP contribution >= 0.6 is 0 Å². The Hall–Kier alpha value is -1.02. The highest BCUT2D eigenvalue weighted by molar-refractivity contribution is 5.45. The van der Waals surface area contributed by atoms with Crippen molar-refractivity contribution in [1.29, 1.82) is 0 Å². The van der Waals surface area contributed by atoms with Crippen LogP contribution in [-0.2, 0) is 0 Å². The van der Waals surface area contributed by atoms with Gasteiger partial charge in [-0.25, -0.2) is 0 Å². The molecule has 0 saturated heterocycles. The van der Waals surface area contributed by atoms with Gasteiger partial charge in [-0.1, -0.05) is 45.4 Å². The number of benzene rings is 1. The van der Waals surface area contributed by atoms with E-state index in [1.165, 1.54) is 44.5 Å². The van der Waals surface area contributed by atoms with E-state index in [1.54, 1.807) is 0 Å². The molecular formula is C17H30N2. The van der Waals surface area contributed by atoms with E-state index in [2.05, 4.69) is 61.3 Å². The predicted molar refractivity (Wildman–Crippen MR) is 85.9 cm³/mol. The summed E-state index contributed by atoms with van der Waals surface area (Å²) in [5.74, 6) is 0. The van der Waals surface area contributed by atoms with Gasteiger partial charge in [0.2, 0.25) is 0 Å². The summed E-state index contributed by atoms with van der Waals surface area (Å²) in [7, 11) is 0. The molecule has 0 aliphatic heterocycles. The number of hydrogen-bond acceptors (Lipinski definition) is 2. The average molecular weight is 262 g/mol. The molecule has 2 nitrogen and oxygen atoms in total. The van der Waals surface area contributed by atoms with Gasteiger partial charge in [-0.3, -0.25) is 0 Å². The molecule has 0 aliphatic carbocycles. The molecule has 1 N–H and O–H groups in total. The smallest absolute Gasteiger partial charge is 0.0366 e. The Morgan fingerprint density at radius 3 is 2.32 bits per heavy atom. The highest BCUT2D eigenvalue weighted by Crippen LogP contribution is 2.14. The fourth-order valence-electron chi connectivity index (χ4n) is 2.18. The molecule has 19 heavy (non-hydrogen) atoms. The van der Waals surface area contributed by atoms with Crippen molar-refractivity contribution >= 4 is 5.69 Å². The zero-order valence-corrected chi connectivity index (χ0v) is 12.9. The fraction of sp³-hybridized carbons (Fsp3) is 0.647. The molecule has 0 saturated carbocycles. The van der Waals surface area contributed by atoms with Gasteiger partial charge in [0.05, 0.1) is 0 Å². The number of unbranched alkanes of at least 4 members (excludes halogenated alkanes) is 2. The summed E-state index contributed by atoms with van der Waals surface area (Å²) >= 11 is 0. The molecule has 2 heteroatoms. The first-order chi connectivity index (χ1) is 9.24. The van der Waals surface area contributed by atoms with Crippen molar-refractivity contribution in [3.05, 3.63) is 30.3 Å². The van der Waals surface area contributed by atoms with E-state index in [0.717, 1.165) is 6.54 Å². The van der Waals surface area contributed by atoms with Gasteiger partial charge in [0.25, 0.3) is 0 Å². The summed E-state index contributed by atoms with van der Waals surface area (Å²) in [5, 5.41) is 3.48. The topological polar surface area (TPSA) is 15.3 Å². The standard InChI is InChI=1S/C17H30N2/c1-4-5-14-19(17-11-7-6-8-12-17)15-10-9-13-18-16(2)3/h6-8,11-12,16,18H,4-5,9-10,13-15H2,1-3H3. The number of nitrogens with one attached hydrogen (secondary N) is 1. The zero-order valence-electron chi connectivity index (χ0n) is 12.9. The third kappa shape index (κ3) is 7.22. The van der Waals surface area contributed by atoms with Crippen LogP contribution in [0.15, 0.2) is 30.3 Å². The van der Waals surface area contributed by atoms with Crippen LogP contribution in [-0.4, -0.2) is 25.7 Å². The Kier molecular flexibility index (Phi) is 8.31. The Balaban J connectivity index is 2.34. The molecule has 0 radical (unpaired) electrons. The summed E-state index contributed by atoms with van der Waals surface area (Å²) in [5.41, 5.74) is 1.37. The molecule has 0 heterocycles. The van der Waals surface area contributed by atoms with Crippen LogP contribution in [0.4, 0.5) is 5.69 Å². The van der Waals surface area contributed by atoms with Gasteiger partial charge in [-0.15, -0.1) is 0 Å². The lowest BCUT2D eigenvalue weighted by Gasteiger charge is -2.25. The molecular weight excluding hydrogens is 232 g/mol. The second kappa shape index (κ2) is 9.85. The minimum atomic E-state index is 0.602. The Morgan fingerprint density at radius 1 is 1.00 bits per heavy atom. The Morgan fingerprint density at radius 2 is 1.68 bits per heavy atom. The molecule has 0 fully saturated rings. The van der Waals surface area contributed by atoms with Gasteiger partial charge in [0.15, 0.2) is 0 Å². The van der Waals surface area contributed by atoms with Crippen LogP contribution in [0.3, 0.4) is 0 Å². The quantitative estimate of drug-likeness (QED) is 0.639. The minimum Gasteiger partial charge on any atom is -0.372 e. The summed E-state index contributed by atoms with van der Waals surface area (Å²) < 4.78 is 0. The van der Waals surface area contributed by atoms with Crippen LogP contribution in [0.1, 0.15) is 46.5 Å². The second-order valence-electron chi connectivity index (χ2n) is 5.49. The molecule has 1 rings (SSSR count). The number of rotatable bonds is 10. The maximum atomic E-state index is 3.48. The van der Waals surface area contributed by atoms with Gasteiger partial charge < -0.3 is 10.2 Å². The highest BCUT2D eigenvalue weighted by Gasteiger charge is 2.04. The van der Waals surface area contributed by atoms with Crippen LogP contribution in [0.2, 0.25) is 0 Å².